The maximum Gasteiger partial charge on any atom is 0.420 e. The zero-order chi connectivity index (χ0) is 14.9. The predicted octanol–water partition coefficient (Wildman–Crippen LogP) is 4.56. The second-order valence-electron chi connectivity index (χ2n) is 4.54. The van der Waals surface area contributed by atoms with Crippen LogP contribution in [0.5, 0.6) is 0 Å². The van der Waals surface area contributed by atoms with Crippen molar-refractivity contribution in [1.29, 1.82) is 0 Å². The summed E-state index contributed by atoms with van der Waals surface area (Å²) < 4.78 is 40.9. The molecule has 2 nitrogen and oxygen atoms in total. The maximum atomic E-state index is 13.2. The number of alkyl halides is 3. The van der Waals surface area contributed by atoms with Crippen LogP contribution in [0.1, 0.15) is 5.56 Å². The molecule has 2 aromatic carbocycles. The summed E-state index contributed by atoms with van der Waals surface area (Å²) in [6.07, 6.45) is -3.42. The van der Waals surface area contributed by atoms with Gasteiger partial charge in [0.05, 0.1) is 5.69 Å². The highest BCUT2D eigenvalue weighted by Crippen LogP contribution is 2.36. The normalized spacial score (nSPS) is 11.6. The molecular formula is C16H11F3N2. The Balaban J connectivity index is 2.17. The van der Waals surface area contributed by atoms with Crippen LogP contribution in [-0.2, 0) is 6.18 Å². The summed E-state index contributed by atoms with van der Waals surface area (Å²) >= 11 is 0. The van der Waals surface area contributed by atoms with Gasteiger partial charge in [-0.1, -0.05) is 48.5 Å². The topological polar surface area (TPSA) is 17.8 Å². The van der Waals surface area contributed by atoms with Gasteiger partial charge in [0.1, 0.15) is 11.3 Å². The highest BCUT2D eigenvalue weighted by atomic mass is 19.4. The first-order valence-electron chi connectivity index (χ1n) is 6.33. The lowest BCUT2D eigenvalue weighted by atomic mass is 10.1. The molecule has 0 spiro atoms. The summed E-state index contributed by atoms with van der Waals surface area (Å²) in [6.45, 7) is 0. The van der Waals surface area contributed by atoms with Gasteiger partial charge < -0.3 is 0 Å². The fraction of sp³-hybridized carbons (Fsp3) is 0.0625. The van der Waals surface area contributed by atoms with Crippen LogP contribution in [0.2, 0.25) is 0 Å². The minimum absolute atomic E-state index is 0.0630. The maximum absolute atomic E-state index is 13.2. The first-order chi connectivity index (χ1) is 10.1. The molecule has 0 saturated carbocycles. The summed E-state index contributed by atoms with van der Waals surface area (Å²) in [5.41, 5.74) is 0.231. The van der Waals surface area contributed by atoms with Gasteiger partial charge in [-0.25, -0.2) is 4.68 Å². The van der Waals surface area contributed by atoms with Crippen molar-refractivity contribution in [3.05, 3.63) is 72.4 Å². The molecule has 0 fully saturated rings. The van der Waals surface area contributed by atoms with Gasteiger partial charge in [0.15, 0.2) is 0 Å². The molecule has 0 bridgehead atoms. The molecule has 21 heavy (non-hydrogen) atoms. The number of para-hydroxylation sites is 1. The molecule has 3 rings (SSSR count). The first-order valence-corrected chi connectivity index (χ1v) is 6.33. The summed E-state index contributed by atoms with van der Waals surface area (Å²) in [6, 6.07) is 17.1. The van der Waals surface area contributed by atoms with Crippen molar-refractivity contribution in [3.8, 4) is 16.9 Å². The van der Waals surface area contributed by atoms with Crippen LogP contribution in [0, 0.1) is 0 Å². The van der Waals surface area contributed by atoms with E-state index in [-0.39, 0.29) is 5.69 Å². The fourth-order valence-electron chi connectivity index (χ4n) is 2.10. The molecular weight excluding hydrogens is 277 g/mol. The van der Waals surface area contributed by atoms with E-state index in [1.54, 1.807) is 60.7 Å². The van der Waals surface area contributed by atoms with Gasteiger partial charge in [0.25, 0.3) is 0 Å². The molecule has 1 aromatic heterocycles. The van der Waals surface area contributed by atoms with Crippen molar-refractivity contribution in [2.45, 2.75) is 6.18 Å². The minimum Gasteiger partial charge on any atom is -0.240 e. The Morgan fingerprint density at radius 1 is 0.810 bits per heavy atom. The molecule has 5 heteroatoms. The van der Waals surface area contributed by atoms with Gasteiger partial charge in [0, 0.05) is 11.8 Å². The van der Waals surface area contributed by atoms with E-state index in [1.807, 2.05) is 0 Å². The standard InChI is InChI=1S/C16H11F3N2/c17-16(18,19)14-11-21(13-9-5-2-6-10-13)20-15(14)12-7-3-1-4-8-12/h1-11H. The second-order valence-corrected chi connectivity index (χ2v) is 4.54. The van der Waals surface area contributed by atoms with Crippen LogP contribution in [0.15, 0.2) is 66.9 Å². The van der Waals surface area contributed by atoms with Crippen LogP contribution in [0.4, 0.5) is 13.2 Å². The fourth-order valence-corrected chi connectivity index (χ4v) is 2.10. The first kappa shape index (κ1) is 13.4. The summed E-state index contributed by atoms with van der Waals surface area (Å²) in [5, 5.41) is 4.11. The van der Waals surface area contributed by atoms with Crippen LogP contribution in [0.25, 0.3) is 16.9 Å². The van der Waals surface area contributed by atoms with Gasteiger partial charge in [-0.05, 0) is 12.1 Å². The molecule has 106 valence electrons. The Bertz CT molecular complexity index is 731. The Morgan fingerprint density at radius 3 is 1.95 bits per heavy atom. The third-order valence-electron chi connectivity index (χ3n) is 3.09. The van der Waals surface area contributed by atoms with Gasteiger partial charge in [-0.15, -0.1) is 0 Å². The summed E-state index contributed by atoms with van der Waals surface area (Å²) in [4.78, 5) is 0. The smallest absolute Gasteiger partial charge is 0.240 e. The molecule has 0 aliphatic carbocycles. The Labute approximate surface area is 119 Å². The van der Waals surface area contributed by atoms with Crippen molar-refractivity contribution in [2.75, 3.05) is 0 Å². The Kier molecular flexibility index (Phi) is 3.25. The number of rotatable bonds is 2. The SMILES string of the molecule is FC(F)(F)c1cn(-c2ccccc2)nc1-c1ccccc1. The number of aromatic nitrogens is 2. The molecule has 1 heterocycles. The lowest BCUT2D eigenvalue weighted by Crippen LogP contribution is -2.05. The third kappa shape index (κ3) is 2.67. The van der Waals surface area contributed by atoms with E-state index >= 15 is 0 Å². The average Bonchev–Trinajstić information content (AvgIpc) is 2.94. The van der Waals surface area contributed by atoms with E-state index in [0.717, 1.165) is 6.20 Å². The molecule has 0 aliphatic rings. The number of nitrogens with zero attached hydrogens (tertiary/aromatic N) is 2. The van der Waals surface area contributed by atoms with Gasteiger partial charge in [-0.3, -0.25) is 0 Å². The molecule has 0 unspecified atom stereocenters. The number of halogens is 3. The van der Waals surface area contributed by atoms with Crippen molar-refractivity contribution >= 4 is 0 Å². The summed E-state index contributed by atoms with van der Waals surface area (Å²) in [5.74, 6) is 0. The van der Waals surface area contributed by atoms with Crippen molar-refractivity contribution in [2.24, 2.45) is 0 Å². The van der Waals surface area contributed by atoms with Crippen LogP contribution in [-0.4, -0.2) is 9.78 Å². The molecule has 0 amide bonds. The van der Waals surface area contributed by atoms with E-state index in [4.69, 9.17) is 0 Å². The quantitative estimate of drug-likeness (QED) is 0.676. The monoisotopic (exact) mass is 288 g/mol. The lowest BCUT2D eigenvalue weighted by molar-refractivity contribution is -0.137. The van der Waals surface area contributed by atoms with Crippen LogP contribution in [0.3, 0.4) is 0 Å². The number of hydrogen-bond donors (Lipinski definition) is 0. The number of benzene rings is 2. The predicted molar refractivity (Wildman–Crippen MR) is 74.0 cm³/mol. The largest absolute Gasteiger partial charge is 0.420 e. The van der Waals surface area contributed by atoms with E-state index in [1.165, 1.54) is 4.68 Å². The molecule has 0 radical (unpaired) electrons. The van der Waals surface area contributed by atoms with E-state index in [2.05, 4.69) is 5.10 Å². The van der Waals surface area contributed by atoms with Crippen molar-refractivity contribution < 1.29 is 13.2 Å². The molecule has 0 atom stereocenters. The molecule has 3 aromatic rings. The Morgan fingerprint density at radius 2 is 1.38 bits per heavy atom. The second kappa shape index (κ2) is 5.09. The molecule has 0 aliphatic heterocycles. The van der Waals surface area contributed by atoms with E-state index in [0.29, 0.717) is 11.3 Å². The molecule has 0 saturated heterocycles. The highest BCUT2D eigenvalue weighted by molar-refractivity contribution is 5.63. The van der Waals surface area contributed by atoms with Crippen molar-refractivity contribution in [3.63, 3.8) is 0 Å². The van der Waals surface area contributed by atoms with Crippen LogP contribution < -0.4 is 0 Å². The minimum atomic E-state index is -4.45. The van der Waals surface area contributed by atoms with Gasteiger partial charge in [0.2, 0.25) is 0 Å². The average molecular weight is 288 g/mol. The van der Waals surface area contributed by atoms with Gasteiger partial charge >= 0.3 is 6.18 Å². The van der Waals surface area contributed by atoms with E-state index in [9.17, 15) is 13.2 Å². The van der Waals surface area contributed by atoms with Gasteiger partial charge in [-0.2, -0.15) is 18.3 Å². The highest BCUT2D eigenvalue weighted by Gasteiger charge is 2.36. The molecule has 0 N–H and O–H groups in total. The zero-order valence-corrected chi connectivity index (χ0v) is 10.9. The zero-order valence-electron chi connectivity index (χ0n) is 10.9. The summed E-state index contributed by atoms with van der Waals surface area (Å²) in [7, 11) is 0. The number of hydrogen-bond acceptors (Lipinski definition) is 1. The van der Waals surface area contributed by atoms with Crippen LogP contribution >= 0.6 is 0 Å². The van der Waals surface area contributed by atoms with Crippen molar-refractivity contribution in [1.82, 2.24) is 9.78 Å². The lowest BCUT2D eigenvalue weighted by Gasteiger charge is -2.05. The Hall–Kier alpha value is -2.56. The third-order valence-corrected chi connectivity index (χ3v) is 3.09. The van der Waals surface area contributed by atoms with E-state index < -0.39 is 11.7 Å².